The molecule has 9 nitrogen and oxygen atoms in total. The largest absolute Gasteiger partial charge is 0.488 e. The van der Waals surface area contributed by atoms with Gasteiger partial charge in [0.15, 0.2) is 0 Å². The first-order valence-electron chi connectivity index (χ1n) is 8.43. The van der Waals surface area contributed by atoms with E-state index in [2.05, 4.69) is 10.0 Å². The number of azide groups is 1. The summed E-state index contributed by atoms with van der Waals surface area (Å²) in [6.07, 6.45) is -0.333. The van der Waals surface area contributed by atoms with Gasteiger partial charge in [-0.1, -0.05) is 11.2 Å². The van der Waals surface area contributed by atoms with Gasteiger partial charge in [-0.15, -0.1) is 0 Å². The molecule has 0 radical (unpaired) electrons. The molecule has 10 heteroatoms. The van der Waals surface area contributed by atoms with Crippen LogP contribution in [0.3, 0.4) is 0 Å². The third kappa shape index (κ3) is 5.55. The van der Waals surface area contributed by atoms with E-state index >= 15 is 0 Å². The summed E-state index contributed by atoms with van der Waals surface area (Å²) in [6, 6.07) is 5.14. The standard InChI is InChI=1S/C16H24BN5O4/c1-16(2,3)26-15(23)22-6-4-21(5-7-22)14-9-12(11-19-20-18)8-13(10-14)17(24)25/h8-10,24-25H,4-7,11H2,1-3H3. The number of ether oxygens (including phenoxy) is 1. The number of carbonyl (C=O) groups is 1. The summed E-state index contributed by atoms with van der Waals surface area (Å²) < 4.78 is 5.39. The first-order chi connectivity index (χ1) is 12.2. The Morgan fingerprint density at radius 3 is 2.46 bits per heavy atom. The van der Waals surface area contributed by atoms with E-state index in [4.69, 9.17) is 10.3 Å². The van der Waals surface area contributed by atoms with E-state index in [1.54, 1.807) is 17.0 Å². The molecule has 1 heterocycles. The van der Waals surface area contributed by atoms with Crippen LogP contribution >= 0.6 is 0 Å². The Hall–Kier alpha value is -2.42. The van der Waals surface area contributed by atoms with E-state index in [9.17, 15) is 14.8 Å². The summed E-state index contributed by atoms with van der Waals surface area (Å²) in [5.41, 5.74) is 9.77. The number of anilines is 1. The van der Waals surface area contributed by atoms with Gasteiger partial charge in [0.25, 0.3) is 0 Å². The molecular formula is C16H24BN5O4. The Labute approximate surface area is 152 Å². The topological polar surface area (TPSA) is 122 Å². The molecule has 1 aromatic rings. The van der Waals surface area contributed by atoms with Crippen molar-refractivity contribution in [2.45, 2.75) is 32.9 Å². The van der Waals surface area contributed by atoms with Crippen molar-refractivity contribution in [3.8, 4) is 0 Å². The number of amides is 1. The average molecular weight is 361 g/mol. The monoisotopic (exact) mass is 361 g/mol. The van der Waals surface area contributed by atoms with Crippen LogP contribution in [-0.4, -0.2) is 59.9 Å². The van der Waals surface area contributed by atoms with Crippen molar-refractivity contribution in [3.63, 3.8) is 0 Å². The lowest BCUT2D eigenvalue weighted by molar-refractivity contribution is 0.0240. The maximum Gasteiger partial charge on any atom is 0.488 e. The normalized spacial score (nSPS) is 14.7. The van der Waals surface area contributed by atoms with Crippen LogP contribution in [0.4, 0.5) is 10.5 Å². The van der Waals surface area contributed by atoms with Crippen molar-refractivity contribution < 1.29 is 19.6 Å². The number of rotatable bonds is 4. The van der Waals surface area contributed by atoms with Gasteiger partial charge in [-0.25, -0.2) is 4.79 Å². The fourth-order valence-electron chi connectivity index (χ4n) is 2.71. The molecule has 0 atom stereocenters. The van der Waals surface area contributed by atoms with Gasteiger partial charge in [-0.05, 0) is 49.5 Å². The molecule has 1 fully saturated rings. The molecule has 1 amide bonds. The Kier molecular flexibility index (Phi) is 6.36. The highest BCUT2D eigenvalue weighted by Crippen LogP contribution is 2.19. The van der Waals surface area contributed by atoms with Crippen molar-refractivity contribution in [2.75, 3.05) is 31.1 Å². The molecule has 0 unspecified atom stereocenters. The summed E-state index contributed by atoms with van der Waals surface area (Å²) in [6.45, 7) is 7.81. The molecule has 0 bridgehead atoms. The second kappa shape index (κ2) is 8.31. The summed E-state index contributed by atoms with van der Waals surface area (Å²) in [7, 11) is -1.61. The van der Waals surface area contributed by atoms with Gasteiger partial charge >= 0.3 is 13.2 Å². The zero-order valence-corrected chi connectivity index (χ0v) is 15.3. The minimum absolute atomic E-state index is 0.127. The highest BCUT2D eigenvalue weighted by Gasteiger charge is 2.26. The van der Waals surface area contributed by atoms with Gasteiger partial charge in [0.1, 0.15) is 5.60 Å². The summed E-state index contributed by atoms with van der Waals surface area (Å²) in [4.78, 5) is 18.6. The quantitative estimate of drug-likeness (QED) is 0.362. The van der Waals surface area contributed by atoms with Crippen LogP contribution < -0.4 is 10.4 Å². The SMILES string of the molecule is CC(C)(C)OC(=O)N1CCN(c2cc(CN=[N+]=[N-])cc(B(O)O)c2)CC1. The van der Waals surface area contributed by atoms with E-state index in [1.165, 1.54) is 0 Å². The fraction of sp³-hybridized carbons (Fsp3) is 0.562. The molecule has 1 aromatic carbocycles. The van der Waals surface area contributed by atoms with Crippen LogP contribution in [0.1, 0.15) is 26.3 Å². The lowest BCUT2D eigenvalue weighted by Gasteiger charge is -2.37. The van der Waals surface area contributed by atoms with Crippen LogP contribution in [0.2, 0.25) is 0 Å². The van der Waals surface area contributed by atoms with E-state index in [0.717, 1.165) is 5.69 Å². The highest BCUT2D eigenvalue weighted by atomic mass is 16.6. The molecule has 0 aliphatic carbocycles. The van der Waals surface area contributed by atoms with E-state index in [-0.39, 0.29) is 12.6 Å². The smallest absolute Gasteiger partial charge is 0.444 e. The van der Waals surface area contributed by atoms with Crippen LogP contribution in [0.5, 0.6) is 0 Å². The molecule has 0 aromatic heterocycles. The van der Waals surface area contributed by atoms with E-state index < -0.39 is 12.7 Å². The van der Waals surface area contributed by atoms with Crippen molar-refractivity contribution in [2.24, 2.45) is 5.11 Å². The van der Waals surface area contributed by atoms with Gasteiger partial charge in [-0.2, -0.15) is 0 Å². The van der Waals surface area contributed by atoms with Crippen LogP contribution in [0, 0.1) is 0 Å². The third-order valence-electron chi connectivity index (χ3n) is 3.91. The first kappa shape index (κ1) is 19.9. The Balaban J connectivity index is 2.09. The second-order valence-electron chi connectivity index (χ2n) is 7.15. The Bertz CT molecular complexity index is 692. The van der Waals surface area contributed by atoms with Gasteiger partial charge < -0.3 is 24.6 Å². The summed E-state index contributed by atoms with van der Waals surface area (Å²) in [5, 5.41) is 22.5. The Morgan fingerprint density at radius 2 is 1.92 bits per heavy atom. The van der Waals surface area contributed by atoms with Crippen molar-refractivity contribution >= 4 is 24.4 Å². The van der Waals surface area contributed by atoms with Crippen LogP contribution in [0.25, 0.3) is 10.4 Å². The lowest BCUT2D eigenvalue weighted by atomic mass is 9.79. The predicted octanol–water partition coefficient (Wildman–Crippen LogP) is 1.23. The first-order valence-corrected chi connectivity index (χ1v) is 8.43. The van der Waals surface area contributed by atoms with E-state index in [0.29, 0.717) is 37.2 Å². The second-order valence-corrected chi connectivity index (χ2v) is 7.15. The highest BCUT2D eigenvalue weighted by molar-refractivity contribution is 6.58. The number of hydrogen-bond acceptors (Lipinski definition) is 6. The number of hydrogen-bond donors (Lipinski definition) is 2. The molecule has 1 saturated heterocycles. The fourth-order valence-corrected chi connectivity index (χ4v) is 2.71. The average Bonchev–Trinajstić information content (AvgIpc) is 2.58. The molecule has 0 saturated carbocycles. The molecule has 2 rings (SSSR count). The zero-order valence-electron chi connectivity index (χ0n) is 15.3. The molecule has 0 spiro atoms. The zero-order chi connectivity index (χ0) is 19.3. The molecule has 140 valence electrons. The Morgan fingerprint density at radius 1 is 1.27 bits per heavy atom. The number of nitrogens with zero attached hydrogens (tertiary/aromatic N) is 5. The van der Waals surface area contributed by atoms with Crippen molar-refractivity contribution in [1.82, 2.24) is 4.90 Å². The molecule has 1 aliphatic rings. The molecule has 26 heavy (non-hydrogen) atoms. The van der Waals surface area contributed by atoms with Crippen molar-refractivity contribution in [1.29, 1.82) is 0 Å². The lowest BCUT2D eigenvalue weighted by Crippen LogP contribution is -2.50. The molecular weight excluding hydrogens is 337 g/mol. The minimum atomic E-state index is -1.61. The van der Waals surface area contributed by atoms with Gasteiger partial charge in [0.2, 0.25) is 0 Å². The van der Waals surface area contributed by atoms with Crippen molar-refractivity contribution in [3.05, 3.63) is 34.2 Å². The maximum absolute atomic E-state index is 12.1. The van der Waals surface area contributed by atoms with Gasteiger partial charge in [0.05, 0.1) is 6.54 Å². The molecule has 2 N–H and O–H groups in total. The number of benzene rings is 1. The third-order valence-corrected chi connectivity index (χ3v) is 3.91. The van der Waals surface area contributed by atoms with Crippen LogP contribution in [0.15, 0.2) is 23.3 Å². The summed E-state index contributed by atoms with van der Waals surface area (Å²) in [5.74, 6) is 0. The van der Waals surface area contributed by atoms with Crippen LogP contribution in [-0.2, 0) is 11.3 Å². The minimum Gasteiger partial charge on any atom is -0.444 e. The number of carbonyl (C=O) groups excluding carboxylic acids is 1. The maximum atomic E-state index is 12.1. The van der Waals surface area contributed by atoms with Gasteiger partial charge in [-0.3, -0.25) is 0 Å². The molecule has 1 aliphatic heterocycles. The van der Waals surface area contributed by atoms with Gasteiger partial charge in [0, 0.05) is 36.8 Å². The predicted molar refractivity (Wildman–Crippen MR) is 99.1 cm³/mol. The number of piperazine rings is 1. The summed E-state index contributed by atoms with van der Waals surface area (Å²) >= 11 is 0. The van der Waals surface area contributed by atoms with E-state index in [1.807, 2.05) is 31.7 Å².